The fourth-order valence-corrected chi connectivity index (χ4v) is 4.32. The van der Waals surface area contributed by atoms with E-state index >= 15 is 0 Å². The van der Waals surface area contributed by atoms with Gasteiger partial charge in [0.2, 0.25) is 5.78 Å². The summed E-state index contributed by atoms with van der Waals surface area (Å²) in [6.45, 7) is 6.75. The largest absolute Gasteiger partial charge is 0.337 e. The van der Waals surface area contributed by atoms with E-state index in [0.29, 0.717) is 18.3 Å². The van der Waals surface area contributed by atoms with Crippen molar-refractivity contribution < 1.29 is 9.59 Å². The van der Waals surface area contributed by atoms with E-state index in [1.54, 1.807) is 4.90 Å². The highest BCUT2D eigenvalue weighted by Gasteiger charge is 2.31. The molecule has 1 amide bonds. The van der Waals surface area contributed by atoms with Crippen molar-refractivity contribution in [3.63, 3.8) is 0 Å². The second-order valence-electron chi connectivity index (χ2n) is 7.49. The summed E-state index contributed by atoms with van der Waals surface area (Å²) in [6, 6.07) is 26.9. The number of rotatable bonds is 8. The molecule has 0 radical (unpaired) electrons. The molecule has 1 N–H and O–H groups in total. The molecule has 0 heterocycles. The van der Waals surface area contributed by atoms with Crippen LogP contribution in [-0.4, -0.2) is 34.8 Å². The van der Waals surface area contributed by atoms with Crippen molar-refractivity contribution in [3.8, 4) is 0 Å². The Balaban J connectivity index is 1.99. The van der Waals surface area contributed by atoms with Gasteiger partial charge in [-0.2, -0.15) is 0 Å². The van der Waals surface area contributed by atoms with Crippen molar-refractivity contribution in [2.45, 2.75) is 26.0 Å². The van der Waals surface area contributed by atoms with Gasteiger partial charge < -0.3 is 10.2 Å². The Morgan fingerprint density at radius 3 is 2.03 bits per heavy atom. The Morgan fingerprint density at radius 2 is 1.45 bits per heavy atom. The minimum absolute atomic E-state index is 0.457. The number of thioether (sulfide) groups is 1. The molecule has 5 nitrogen and oxygen atoms in total. The van der Waals surface area contributed by atoms with Gasteiger partial charge in [0.25, 0.3) is 5.91 Å². The highest BCUT2D eigenvalue weighted by atomic mass is 32.2. The summed E-state index contributed by atoms with van der Waals surface area (Å²) in [6.07, 6.45) is 0. The Kier molecular flexibility index (Phi) is 8.84. The zero-order chi connectivity index (χ0) is 23.6. The van der Waals surface area contributed by atoms with Crippen LogP contribution in [0.3, 0.4) is 0 Å². The summed E-state index contributed by atoms with van der Waals surface area (Å²) in [5.74, 6) is -0.933. The number of likely N-dealkylation sites (N-methyl/N-ethyl adjacent to an activating group) is 1. The maximum Gasteiger partial charge on any atom is 0.291 e. The molecule has 0 aliphatic rings. The lowest BCUT2D eigenvalue weighted by molar-refractivity contribution is -0.144. The van der Waals surface area contributed by atoms with E-state index in [-0.39, 0.29) is 0 Å². The highest BCUT2D eigenvalue weighted by molar-refractivity contribution is 8.15. The molecule has 0 aliphatic carbocycles. The second-order valence-corrected chi connectivity index (χ2v) is 8.59. The van der Waals surface area contributed by atoms with Gasteiger partial charge >= 0.3 is 0 Å². The summed E-state index contributed by atoms with van der Waals surface area (Å²) >= 11 is 1.25. The number of Topliss-reactive ketones (excluding diaryl/α,β-unsaturated/α-hetero) is 1. The van der Waals surface area contributed by atoms with Gasteiger partial charge in [0.05, 0.1) is 5.69 Å². The number of carbonyl (C=O) groups excluding carboxylic acids is 2. The molecule has 0 bridgehead atoms. The molecule has 1 atom stereocenters. The average molecular weight is 460 g/mol. The van der Waals surface area contributed by atoms with E-state index in [2.05, 4.69) is 5.32 Å². The minimum Gasteiger partial charge on any atom is -0.337 e. The standard InChI is InChI=1S/C27H29N3O2S/c1-4-30(5-2)26(32)24(31)25(21-12-8-6-9-13-21)33-27(28-22-14-10-7-11-15-22)29-23-18-16-20(3)17-19-23/h6-19,25H,4-5H2,1-3H3,(H,28,29). The summed E-state index contributed by atoms with van der Waals surface area (Å²) in [5.41, 5.74) is 3.52. The molecule has 170 valence electrons. The van der Waals surface area contributed by atoms with Crippen molar-refractivity contribution in [3.05, 3.63) is 96.1 Å². The number of aliphatic imine (C=N–C) groups is 1. The molecule has 3 aromatic carbocycles. The van der Waals surface area contributed by atoms with Crippen LogP contribution in [0.4, 0.5) is 11.4 Å². The molecule has 0 aliphatic heterocycles. The molecule has 0 saturated carbocycles. The second kappa shape index (κ2) is 12.0. The van der Waals surface area contributed by atoms with Gasteiger partial charge in [-0.25, -0.2) is 4.99 Å². The number of ketones is 1. The molecule has 1 unspecified atom stereocenters. The first-order valence-electron chi connectivity index (χ1n) is 11.0. The maximum absolute atomic E-state index is 13.4. The van der Waals surface area contributed by atoms with Gasteiger partial charge in [-0.1, -0.05) is 78.0 Å². The lowest BCUT2D eigenvalue weighted by Gasteiger charge is -2.22. The van der Waals surface area contributed by atoms with Crippen molar-refractivity contribution in [2.24, 2.45) is 4.99 Å². The number of hydrogen-bond acceptors (Lipinski definition) is 4. The van der Waals surface area contributed by atoms with E-state index in [1.807, 2.05) is 106 Å². The molecular formula is C27H29N3O2S. The number of benzene rings is 3. The smallest absolute Gasteiger partial charge is 0.291 e. The third-order valence-corrected chi connectivity index (χ3v) is 6.26. The third kappa shape index (κ3) is 6.80. The number of anilines is 1. The average Bonchev–Trinajstić information content (AvgIpc) is 2.85. The normalized spacial score (nSPS) is 12.2. The van der Waals surface area contributed by atoms with Gasteiger partial charge in [0, 0.05) is 18.8 Å². The van der Waals surface area contributed by atoms with E-state index in [4.69, 9.17) is 4.99 Å². The Labute approximate surface area is 199 Å². The molecule has 0 spiro atoms. The van der Waals surface area contributed by atoms with Crippen LogP contribution in [0.15, 0.2) is 89.9 Å². The number of aryl methyl sites for hydroxylation is 1. The van der Waals surface area contributed by atoms with Gasteiger partial charge in [0.15, 0.2) is 5.17 Å². The molecule has 33 heavy (non-hydrogen) atoms. The number of hydrogen-bond donors (Lipinski definition) is 1. The predicted molar refractivity (Wildman–Crippen MR) is 138 cm³/mol. The topological polar surface area (TPSA) is 61.8 Å². The van der Waals surface area contributed by atoms with Crippen molar-refractivity contribution >= 4 is 40.0 Å². The van der Waals surface area contributed by atoms with Crippen LogP contribution in [0.2, 0.25) is 0 Å². The summed E-state index contributed by atoms with van der Waals surface area (Å²) in [5, 5.41) is 3.15. The summed E-state index contributed by atoms with van der Waals surface area (Å²) < 4.78 is 0. The van der Waals surface area contributed by atoms with E-state index in [1.165, 1.54) is 11.8 Å². The minimum atomic E-state index is -0.722. The lowest BCUT2D eigenvalue weighted by Crippen LogP contribution is -2.38. The van der Waals surface area contributed by atoms with Crippen LogP contribution < -0.4 is 5.32 Å². The van der Waals surface area contributed by atoms with Crippen molar-refractivity contribution in [1.82, 2.24) is 4.90 Å². The summed E-state index contributed by atoms with van der Waals surface area (Å²) in [7, 11) is 0. The van der Waals surface area contributed by atoms with Gasteiger partial charge in [-0.3, -0.25) is 9.59 Å². The molecule has 3 aromatic rings. The highest BCUT2D eigenvalue weighted by Crippen LogP contribution is 2.33. The molecular weight excluding hydrogens is 430 g/mol. The van der Waals surface area contributed by atoms with Gasteiger partial charge in [-0.15, -0.1) is 0 Å². The SMILES string of the molecule is CCN(CC)C(=O)C(=O)C(SC(=Nc1ccc(C)cc1)Nc1ccccc1)c1ccccc1. The fourth-order valence-electron chi connectivity index (χ4n) is 3.26. The van der Waals surface area contributed by atoms with Crippen LogP contribution in [0.1, 0.15) is 30.2 Å². The van der Waals surface area contributed by atoms with E-state index in [9.17, 15) is 9.59 Å². The third-order valence-electron chi connectivity index (χ3n) is 5.12. The quantitative estimate of drug-likeness (QED) is 0.255. The number of nitrogens with zero attached hydrogens (tertiary/aromatic N) is 2. The molecule has 0 fully saturated rings. The van der Waals surface area contributed by atoms with Crippen LogP contribution in [0.5, 0.6) is 0 Å². The fraction of sp³-hybridized carbons (Fsp3) is 0.222. The van der Waals surface area contributed by atoms with Gasteiger partial charge in [0.1, 0.15) is 5.25 Å². The van der Waals surface area contributed by atoms with Crippen LogP contribution in [-0.2, 0) is 9.59 Å². The Morgan fingerprint density at radius 1 is 0.879 bits per heavy atom. The molecule has 0 aromatic heterocycles. The zero-order valence-corrected chi connectivity index (χ0v) is 20.0. The number of carbonyl (C=O) groups is 2. The van der Waals surface area contributed by atoms with Crippen LogP contribution >= 0.6 is 11.8 Å². The van der Waals surface area contributed by atoms with Crippen LogP contribution in [0.25, 0.3) is 0 Å². The monoisotopic (exact) mass is 459 g/mol. The predicted octanol–water partition coefficient (Wildman–Crippen LogP) is 6.01. The van der Waals surface area contributed by atoms with E-state index < -0.39 is 16.9 Å². The van der Waals surface area contributed by atoms with Crippen LogP contribution in [0, 0.1) is 6.92 Å². The number of amidine groups is 1. The van der Waals surface area contributed by atoms with E-state index in [0.717, 1.165) is 22.5 Å². The first-order chi connectivity index (χ1) is 16.0. The molecule has 0 saturated heterocycles. The zero-order valence-electron chi connectivity index (χ0n) is 19.2. The molecule has 3 rings (SSSR count). The van der Waals surface area contributed by atoms with Crippen molar-refractivity contribution in [2.75, 3.05) is 18.4 Å². The lowest BCUT2D eigenvalue weighted by atomic mass is 10.1. The number of para-hydroxylation sites is 1. The number of nitrogens with one attached hydrogen (secondary N) is 1. The van der Waals surface area contributed by atoms with Crippen molar-refractivity contribution in [1.29, 1.82) is 0 Å². The Bertz CT molecular complexity index is 1080. The van der Waals surface area contributed by atoms with Gasteiger partial charge in [-0.05, 0) is 50.6 Å². The molecule has 6 heteroatoms. The Hall–Kier alpha value is -3.38. The maximum atomic E-state index is 13.4. The first-order valence-corrected chi connectivity index (χ1v) is 11.9. The number of amides is 1. The summed E-state index contributed by atoms with van der Waals surface area (Å²) in [4.78, 5) is 32.7. The first kappa shape index (κ1) is 24.3.